The number of rotatable bonds is 8. The minimum atomic E-state index is -0.476. The molecule has 4 heterocycles. The maximum atomic E-state index is 13.9. The van der Waals surface area contributed by atoms with Gasteiger partial charge in [0, 0.05) is 49.4 Å². The maximum absolute atomic E-state index is 13.9. The third-order valence-corrected chi connectivity index (χ3v) is 9.17. The molecule has 41 heavy (non-hydrogen) atoms. The fourth-order valence-electron chi connectivity index (χ4n) is 6.82. The number of ketones is 1. The van der Waals surface area contributed by atoms with Gasteiger partial charge in [-0.1, -0.05) is 13.3 Å². The van der Waals surface area contributed by atoms with E-state index in [1.165, 1.54) is 26.2 Å². The lowest BCUT2D eigenvalue weighted by Gasteiger charge is -2.29. The third kappa shape index (κ3) is 5.25. The van der Waals surface area contributed by atoms with Crippen LogP contribution in [0.2, 0.25) is 0 Å². The van der Waals surface area contributed by atoms with Gasteiger partial charge in [-0.15, -0.1) is 0 Å². The van der Waals surface area contributed by atoms with E-state index in [-0.39, 0.29) is 35.6 Å². The number of aromatic nitrogens is 4. The Morgan fingerprint density at radius 1 is 1.02 bits per heavy atom. The molecule has 3 aliphatic rings. The predicted octanol–water partition coefficient (Wildman–Crippen LogP) is 3.29. The minimum absolute atomic E-state index is 0.0117. The molecule has 2 aliphatic heterocycles. The van der Waals surface area contributed by atoms with E-state index in [9.17, 15) is 14.4 Å². The van der Waals surface area contributed by atoms with Gasteiger partial charge in [-0.25, -0.2) is 9.97 Å². The molecule has 2 amide bonds. The lowest BCUT2D eigenvalue weighted by molar-refractivity contribution is -0.140. The smallest absolute Gasteiger partial charge is 0.245 e. The van der Waals surface area contributed by atoms with Crippen LogP contribution in [0, 0.1) is 19.3 Å². The number of amides is 2. The van der Waals surface area contributed by atoms with Gasteiger partial charge in [-0.05, 0) is 81.3 Å². The molecule has 3 fully saturated rings. The van der Waals surface area contributed by atoms with E-state index < -0.39 is 6.04 Å². The van der Waals surface area contributed by atoms with E-state index in [0.29, 0.717) is 29.9 Å². The maximum Gasteiger partial charge on any atom is 0.245 e. The minimum Gasteiger partial charge on any atom is -0.353 e. The Hall–Kier alpha value is -3.66. The van der Waals surface area contributed by atoms with Gasteiger partial charge in [0.05, 0.1) is 5.52 Å². The lowest BCUT2D eigenvalue weighted by Crippen LogP contribution is -2.50. The predicted molar refractivity (Wildman–Crippen MR) is 155 cm³/mol. The number of Topliss-reactive ketones (excluding diaryl/α,β-unsaturated/α-hetero) is 1. The number of piperidine rings is 2. The summed E-state index contributed by atoms with van der Waals surface area (Å²) in [6.07, 6.45) is 8.84. The van der Waals surface area contributed by atoms with Crippen molar-refractivity contribution in [2.75, 3.05) is 26.2 Å². The molecule has 1 N–H and O–H groups in total. The zero-order valence-corrected chi connectivity index (χ0v) is 24.4. The van der Waals surface area contributed by atoms with Gasteiger partial charge in [0.15, 0.2) is 5.78 Å². The van der Waals surface area contributed by atoms with Gasteiger partial charge < -0.3 is 15.1 Å². The molecule has 3 atom stereocenters. The number of likely N-dealkylation sites (tertiary alicyclic amines) is 2. The highest BCUT2D eigenvalue weighted by molar-refractivity contribution is 6.07. The highest BCUT2D eigenvalue weighted by Gasteiger charge is 2.64. The van der Waals surface area contributed by atoms with Gasteiger partial charge in [0.2, 0.25) is 11.8 Å². The summed E-state index contributed by atoms with van der Waals surface area (Å²) in [5.74, 6) is 0.312. The third-order valence-electron chi connectivity index (χ3n) is 9.17. The topological polar surface area (TPSA) is 113 Å². The highest BCUT2D eigenvalue weighted by atomic mass is 16.2. The van der Waals surface area contributed by atoms with Crippen molar-refractivity contribution in [2.24, 2.45) is 5.41 Å². The van der Waals surface area contributed by atoms with Crippen LogP contribution in [0.4, 0.5) is 0 Å². The second-order valence-corrected chi connectivity index (χ2v) is 12.4. The Morgan fingerprint density at radius 3 is 2.46 bits per heavy atom. The summed E-state index contributed by atoms with van der Waals surface area (Å²) in [5.41, 5.74) is 3.70. The Balaban J connectivity index is 1.23. The zero-order valence-electron chi connectivity index (χ0n) is 24.4. The van der Waals surface area contributed by atoms with Crippen molar-refractivity contribution in [3.8, 4) is 11.1 Å². The van der Waals surface area contributed by atoms with Crippen LogP contribution in [0.5, 0.6) is 0 Å². The van der Waals surface area contributed by atoms with Crippen LogP contribution in [-0.2, 0) is 16.1 Å². The largest absolute Gasteiger partial charge is 0.353 e. The van der Waals surface area contributed by atoms with Crippen LogP contribution >= 0.6 is 0 Å². The summed E-state index contributed by atoms with van der Waals surface area (Å²) in [7, 11) is 0. The number of aryl methyl sites for hydroxylation is 2. The van der Waals surface area contributed by atoms with Crippen LogP contribution in [-0.4, -0.2) is 85.4 Å². The number of hydrogen-bond acceptors (Lipinski definition) is 7. The molecule has 0 unspecified atom stereocenters. The standard InChI is InChI=1S/C31H39N7O3/c1-19-12-22(23-16-33-21(3)34-17-23)13-24-28(20(2)39)35-37(29(19)24)18-27(40)38-25(14-31(4)15-26(31)38)30(41)32-8-11-36-9-6-5-7-10-36/h12-13,16-17,25-26H,5-11,14-15,18H2,1-4H3,(H,32,41)/t25-,26+,31-/m0/s1. The van der Waals surface area contributed by atoms with Crippen molar-refractivity contribution in [1.82, 2.24) is 34.9 Å². The van der Waals surface area contributed by atoms with Crippen molar-refractivity contribution in [2.45, 2.75) is 78.4 Å². The summed E-state index contributed by atoms with van der Waals surface area (Å²) in [6.45, 7) is 11.0. The number of fused-ring (bicyclic) bond motifs is 2. The van der Waals surface area contributed by atoms with Gasteiger partial charge in [-0.3, -0.25) is 19.1 Å². The van der Waals surface area contributed by atoms with E-state index in [0.717, 1.165) is 48.3 Å². The molecule has 2 saturated heterocycles. The average molecular weight is 558 g/mol. The summed E-state index contributed by atoms with van der Waals surface area (Å²) >= 11 is 0. The SMILES string of the molecule is CC(=O)c1nn(CC(=O)N2[C@H](C(=O)NCCN3CCCCC3)C[C@@]3(C)C[C@@H]23)c2c(C)cc(-c3cnc(C)nc3)cc12. The molecule has 6 rings (SSSR count). The van der Waals surface area contributed by atoms with E-state index >= 15 is 0 Å². The monoisotopic (exact) mass is 557 g/mol. The van der Waals surface area contributed by atoms with Crippen LogP contribution in [0.25, 0.3) is 22.0 Å². The molecule has 2 aromatic heterocycles. The summed E-state index contributed by atoms with van der Waals surface area (Å²) in [5, 5.41) is 8.43. The van der Waals surface area contributed by atoms with Crippen LogP contribution in [0.1, 0.15) is 67.8 Å². The second kappa shape index (κ2) is 10.6. The summed E-state index contributed by atoms with van der Waals surface area (Å²) < 4.78 is 1.64. The van der Waals surface area contributed by atoms with E-state index in [1.54, 1.807) is 22.0 Å². The van der Waals surface area contributed by atoms with Crippen molar-refractivity contribution in [3.63, 3.8) is 0 Å². The number of hydrogen-bond donors (Lipinski definition) is 1. The first-order chi connectivity index (χ1) is 19.6. The molecule has 0 radical (unpaired) electrons. The first-order valence-corrected chi connectivity index (χ1v) is 14.8. The number of benzene rings is 1. The van der Waals surface area contributed by atoms with Gasteiger partial charge in [-0.2, -0.15) is 5.10 Å². The molecule has 216 valence electrons. The molecule has 0 bridgehead atoms. The molecule has 1 aromatic carbocycles. The molecule has 1 aliphatic carbocycles. The molecule has 0 spiro atoms. The Morgan fingerprint density at radius 2 is 1.76 bits per heavy atom. The second-order valence-electron chi connectivity index (χ2n) is 12.4. The molecule has 1 saturated carbocycles. The number of carbonyl (C=O) groups excluding carboxylic acids is 3. The number of nitrogens with zero attached hydrogens (tertiary/aromatic N) is 6. The van der Waals surface area contributed by atoms with Crippen molar-refractivity contribution < 1.29 is 14.4 Å². The average Bonchev–Trinajstić information content (AvgIpc) is 3.30. The summed E-state index contributed by atoms with van der Waals surface area (Å²) in [4.78, 5) is 52.6. The zero-order chi connectivity index (χ0) is 28.9. The highest BCUT2D eigenvalue weighted by Crippen LogP contribution is 2.59. The normalized spacial score (nSPS) is 24.0. The van der Waals surface area contributed by atoms with Crippen molar-refractivity contribution in [3.05, 3.63) is 41.6 Å². The number of carbonyl (C=O) groups is 3. The summed E-state index contributed by atoms with van der Waals surface area (Å²) in [6, 6.07) is 3.52. The van der Waals surface area contributed by atoms with Crippen LogP contribution in [0.3, 0.4) is 0 Å². The molecular formula is C31H39N7O3. The Kier molecular flexibility index (Phi) is 7.13. The molecule has 10 nitrogen and oxygen atoms in total. The van der Waals surface area contributed by atoms with Gasteiger partial charge >= 0.3 is 0 Å². The van der Waals surface area contributed by atoms with E-state index in [1.807, 2.05) is 26.0 Å². The fourth-order valence-corrected chi connectivity index (χ4v) is 6.82. The van der Waals surface area contributed by atoms with Crippen LogP contribution in [0.15, 0.2) is 24.5 Å². The quantitative estimate of drug-likeness (QED) is 0.423. The fraction of sp³-hybridized carbons (Fsp3) is 0.548. The van der Waals surface area contributed by atoms with Crippen molar-refractivity contribution in [1.29, 1.82) is 0 Å². The van der Waals surface area contributed by atoms with E-state index in [4.69, 9.17) is 0 Å². The van der Waals surface area contributed by atoms with Gasteiger partial charge in [0.1, 0.15) is 24.1 Å². The van der Waals surface area contributed by atoms with Gasteiger partial charge in [0.25, 0.3) is 0 Å². The lowest BCUT2D eigenvalue weighted by atomic mass is 10.0. The van der Waals surface area contributed by atoms with Crippen molar-refractivity contribution >= 4 is 28.5 Å². The Bertz CT molecular complexity index is 1510. The Labute approximate surface area is 240 Å². The van der Waals surface area contributed by atoms with E-state index in [2.05, 4.69) is 32.2 Å². The first kappa shape index (κ1) is 27.5. The molecular weight excluding hydrogens is 518 g/mol. The number of nitrogens with one attached hydrogen (secondary N) is 1. The molecule has 3 aromatic rings. The first-order valence-electron chi connectivity index (χ1n) is 14.8. The molecule has 10 heteroatoms. The van der Waals surface area contributed by atoms with Crippen LogP contribution < -0.4 is 5.32 Å².